The van der Waals surface area contributed by atoms with Crippen LogP contribution in [0.4, 0.5) is 5.69 Å². The van der Waals surface area contributed by atoms with Crippen molar-refractivity contribution < 1.29 is 9.59 Å². The number of nitrogens with one attached hydrogen (secondary N) is 1. The third-order valence-corrected chi connectivity index (χ3v) is 6.27. The van der Waals surface area contributed by atoms with Gasteiger partial charge in [0.25, 0.3) is 11.8 Å². The Labute approximate surface area is 176 Å². The summed E-state index contributed by atoms with van der Waals surface area (Å²) in [5.41, 5.74) is 3.35. The van der Waals surface area contributed by atoms with Gasteiger partial charge in [-0.25, -0.2) is 0 Å². The van der Waals surface area contributed by atoms with Crippen molar-refractivity contribution in [2.45, 2.75) is 13.0 Å². The summed E-state index contributed by atoms with van der Waals surface area (Å²) >= 11 is 13.4. The van der Waals surface area contributed by atoms with Crippen LogP contribution in [-0.2, 0) is 13.0 Å². The fourth-order valence-corrected chi connectivity index (χ4v) is 4.19. The molecular weight excluding hydrogens is 415 g/mol. The fraction of sp³-hybridized carbons (Fsp3) is 0.143. The highest BCUT2D eigenvalue weighted by Gasteiger charge is 2.22. The summed E-state index contributed by atoms with van der Waals surface area (Å²) < 4.78 is 0. The average molecular weight is 431 g/mol. The lowest BCUT2D eigenvalue weighted by Crippen LogP contribution is -2.35. The number of fused-ring (bicyclic) bond motifs is 1. The molecule has 2 heterocycles. The third kappa shape index (κ3) is 3.92. The molecule has 0 fully saturated rings. The second-order valence-electron chi connectivity index (χ2n) is 6.52. The van der Waals surface area contributed by atoms with Gasteiger partial charge in [-0.2, -0.15) is 0 Å². The van der Waals surface area contributed by atoms with Crippen LogP contribution in [0.25, 0.3) is 0 Å². The van der Waals surface area contributed by atoms with Crippen molar-refractivity contribution in [3.63, 3.8) is 0 Å². The summed E-state index contributed by atoms with van der Waals surface area (Å²) in [4.78, 5) is 27.7. The lowest BCUT2D eigenvalue weighted by atomic mass is 9.98. The van der Waals surface area contributed by atoms with E-state index in [0.29, 0.717) is 34.4 Å². The van der Waals surface area contributed by atoms with Crippen LogP contribution in [0, 0.1) is 0 Å². The highest BCUT2D eigenvalue weighted by molar-refractivity contribution is 7.12. The number of amides is 2. The highest BCUT2D eigenvalue weighted by atomic mass is 35.5. The van der Waals surface area contributed by atoms with Gasteiger partial charge in [-0.3, -0.25) is 9.59 Å². The van der Waals surface area contributed by atoms with E-state index in [1.165, 1.54) is 16.9 Å². The molecule has 1 aliphatic rings. The van der Waals surface area contributed by atoms with Crippen LogP contribution in [0.15, 0.2) is 53.9 Å². The number of benzene rings is 2. The quantitative estimate of drug-likeness (QED) is 0.595. The predicted molar refractivity (Wildman–Crippen MR) is 114 cm³/mol. The standard InChI is InChI=1S/C21H16Cl2N2O2S/c22-17-6-4-14(11-18(17)23)20(26)24-16-5-3-13-7-8-25(12-15(13)10-16)21(27)19-2-1-9-28-19/h1-6,9-11H,7-8,12H2,(H,24,26). The smallest absolute Gasteiger partial charge is 0.264 e. The molecule has 4 nitrogen and oxygen atoms in total. The van der Waals surface area contributed by atoms with Crippen molar-refractivity contribution in [3.8, 4) is 0 Å². The topological polar surface area (TPSA) is 49.4 Å². The molecule has 1 aliphatic heterocycles. The van der Waals surface area contributed by atoms with E-state index in [0.717, 1.165) is 16.9 Å². The Hall–Kier alpha value is -2.34. The molecule has 4 rings (SSSR count). The van der Waals surface area contributed by atoms with Crippen molar-refractivity contribution in [3.05, 3.63) is 85.5 Å². The number of nitrogens with zero attached hydrogens (tertiary/aromatic N) is 1. The van der Waals surface area contributed by atoms with Crippen LogP contribution in [0.5, 0.6) is 0 Å². The summed E-state index contributed by atoms with van der Waals surface area (Å²) in [5.74, 6) is -0.216. The highest BCUT2D eigenvalue weighted by Crippen LogP contribution is 2.26. The lowest BCUT2D eigenvalue weighted by Gasteiger charge is -2.29. The Bertz CT molecular complexity index is 1050. The van der Waals surface area contributed by atoms with Crippen molar-refractivity contribution >= 4 is 52.0 Å². The molecule has 2 aromatic carbocycles. The minimum atomic E-state index is -0.263. The fourth-order valence-electron chi connectivity index (χ4n) is 3.20. The van der Waals surface area contributed by atoms with Gasteiger partial charge >= 0.3 is 0 Å². The molecule has 2 amide bonds. The molecular formula is C21H16Cl2N2O2S. The largest absolute Gasteiger partial charge is 0.333 e. The number of halogens is 2. The molecule has 0 unspecified atom stereocenters. The molecule has 0 aliphatic carbocycles. The average Bonchev–Trinajstić information content (AvgIpc) is 3.23. The number of carbonyl (C=O) groups excluding carboxylic acids is 2. The minimum Gasteiger partial charge on any atom is -0.333 e. The first-order valence-corrected chi connectivity index (χ1v) is 10.4. The van der Waals surface area contributed by atoms with E-state index in [1.807, 2.05) is 40.6 Å². The maximum absolute atomic E-state index is 12.6. The number of carbonyl (C=O) groups is 2. The third-order valence-electron chi connectivity index (χ3n) is 4.68. The molecule has 0 radical (unpaired) electrons. The molecule has 1 N–H and O–H groups in total. The monoisotopic (exact) mass is 430 g/mol. The lowest BCUT2D eigenvalue weighted by molar-refractivity contribution is 0.0739. The molecule has 0 saturated carbocycles. The first-order chi connectivity index (χ1) is 13.5. The van der Waals surface area contributed by atoms with Crippen molar-refractivity contribution in [2.24, 2.45) is 0 Å². The van der Waals surface area contributed by atoms with Gasteiger partial charge in [0.15, 0.2) is 0 Å². The Balaban J connectivity index is 1.50. The summed E-state index contributed by atoms with van der Waals surface area (Å²) in [5, 5.41) is 5.53. The van der Waals surface area contributed by atoms with Gasteiger partial charge in [-0.15, -0.1) is 11.3 Å². The summed E-state index contributed by atoms with van der Waals surface area (Å²) in [7, 11) is 0. The first kappa shape index (κ1) is 19.0. The van der Waals surface area contributed by atoms with Crippen LogP contribution < -0.4 is 5.32 Å². The Morgan fingerprint density at radius 1 is 1.00 bits per heavy atom. The number of rotatable bonds is 3. The molecule has 142 valence electrons. The van der Waals surface area contributed by atoms with Gasteiger partial charge in [0.05, 0.1) is 14.9 Å². The SMILES string of the molecule is O=C(Nc1ccc2c(c1)CN(C(=O)c1cccs1)CC2)c1ccc(Cl)c(Cl)c1. The van der Waals surface area contributed by atoms with Crippen molar-refractivity contribution in [1.29, 1.82) is 0 Å². The number of thiophene rings is 1. The van der Waals surface area contributed by atoms with Crippen molar-refractivity contribution in [2.75, 3.05) is 11.9 Å². The number of hydrogen-bond acceptors (Lipinski definition) is 3. The molecule has 7 heteroatoms. The summed E-state index contributed by atoms with van der Waals surface area (Å²) in [6.07, 6.45) is 0.799. The van der Waals surface area contributed by atoms with Crippen LogP contribution in [0.2, 0.25) is 10.0 Å². The first-order valence-electron chi connectivity index (χ1n) is 8.72. The second kappa shape index (κ2) is 7.95. The Morgan fingerprint density at radius 3 is 2.61 bits per heavy atom. The van der Waals surface area contributed by atoms with Crippen LogP contribution in [0.1, 0.15) is 31.2 Å². The van der Waals surface area contributed by atoms with Crippen LogP contribution in [0.3, 0.4) is 0 Å². The second-order valence-corrected chi connectivity index (χ2v) is 8.28. The zero-order chi connectivity index (χ0) is 19.7. The normalized spacial score (nSPS) is 13.1. The van der Waals surface area contributed by atoms with Crippen molar-refractivity contribution in [1.82, 2.24) is 4.90 Å². The van der Waals surface area contributed by atoms with E-state index >= 15 is 0 Å². The summed E-state index contributed by atoms with van der Waals surface area (Å²) in [6, 6.07) is 14.3. The van der Waals surface area contributed by atoms with E-state index < -0.39 is 0 Å². The molecule has 28 heavy (non-hydrogen) atoms. The zero-order valence-corrected chi connectivity index (χ0v) is 17.1. The zero-order valence-electron chi connectivity index (χ0n) is 14.7. The molecule has 1 aromatic heterocycles. The molecule has 0 spiro atoms. The van der Waals surface area contributed by atoms with Gasteiger partial charge in [0.1, 0.15) is 0 Å². The maximum Gasteiger partial charge on any atom is 0.264 e. The maximum atomic E-state index is 12.6. The van der Waals surface area contributed by atoms with E-state index in [9.17, 15) is 9.59 Å². The van der Waals surface area contributed by atoms with Gasteiger partial charge in [0, 0.05) is 24.3 Å². The van der Waals surface area contributed by atoms with E-state index in [4.69, 9.17) is 23.2 Å². The number of anilines is 1. The molecule has 3 aromatic rings. The Morgan fingerprint density at radius 2 is 1.86 bits per heavy atom. The molecule has 0 saturated heterocycles. The predicted octanol–water partition coefficient (Wildman–Crippen LogP) is 5.51. The van der Waals surface area contributed by atoms with Gasteiger partial charge in [-0.1, -0.05) is 35.3 Å². The Kier molecular flexibility index (Phi) is 5.40. The minimum absolute atomic E-state index is 0.0471. The van der Waals surface area contributed by atoms with Crippen LogP contribution in [-0.4, -0.2) is 23.3 Å². The van der Waals surface area contributed by atoms with E-state index in [1.54, 1.807) is 18.2 Å². The van der Waals surface area contributed by atoms with Crippen LogP contribution >= 0.6 is 34.5 Å². The van der Waals surface area contributed by atoms with Gasteiger partial charge in [0.2, 0.25) is 0 Å². The molecule has 0 atom stereocenters. The number of hydrogen-bond donors (Lipinski definition) is 1. The van der Waals surface area contributed by atoms with Gasteiger partial charge in [-0.05, 0) is 59.3 Å². The van der Waals surface area contributed by atoms with E-state index in [2.05, 4.69) is 5.32 Å². The summed E-state index contributed by atoms with van der Waals surface area (Å²) in [6.45, 7) is 1.22. The molecule has 0 bridgehead atoms. The van der Waals surface area contributed by atoms with Gasteiger partial charge < -0.3 is 10.2 Å². The van der Waals surface area contributed by atoms with E-state index in [-0.39, 0.29) is 11.8 Å².